The molecule has 1 aliphatic carbocycles. The standard InChI is InChI=1S/C16H25N3O3S/c17-11-14-7-4-8-15(14)16(20)18-9-10-23(21,22)19-12-13-5-2-1-3-6-13/h1-3,5-6,14-15,19H,4,7-12,17H2,(H,18,20)/t14-,15-/m1/s1. The van der Waals surface area contributed by atoms with Gasteiger partial charge in [-0.05, 0) is 30.9 Å². The lowest BCUT2D eigenvalue weighted by atomic mass is 9.95. The van der Waals surface area contributed by atoms with E-state index in [1.807, 2.05) is 30.3 Å². The Balaban J connectivity index is 1.73. The number of carbonyl (C=O) groups excluding carboxylic acids is 1. The number of rotatable bonds is 8. The van der Waals surface area contributed by atoms with Crippen LogP contribution in [0.25, 0.3) is 0 Å². The largest absolute Gasteiger partial charge is 0.355 e. The van der Waals surface area contributed by atoms with Crippen molar-refractivity contribution >= 4 is 15.9 Å². The third kappa shape index (κ3) is 5.60. The van der Waals surface area contributed by atoms with Crippen molar-refractivity contribution in [1.29, 1.82) is 0 Å². The lowest BCUT2D eigenvalue weighted by Crippen LogP contribution is -2.39. The summed E-state index contributed by atoms with van der Waals surface area (Å²) in [5.41, 5.74) is 6.57. The molecule has 128 valence electrons. The van der Waals surface area contributed by atoms with Crippen molar-refractivity contribution in [3.63, 3.8) is 0 Å². The minimum absolute atomic E-state index is 0.0695. The Morgan fingerprint density at radius 3 is 2.65 bits per heavy atom. The van der Waals surface area contributed by atoms with Gasteiger partial charge in [0.1, 0.15) is 0 Å². The molecule has 1 fully saturated rings. The topological polar surface area (TPSA) is 101 Å². The zero-order chi connectivity index (χ0) is 16.7. The van der Waals surface area contributed by atoms with Gasteiger partial charge in [0, 0.05) is 19.0 Å². The van der Waals surface area contributed by atoms with Gasteiger partial charge in [-0.25, -0.2) is 13.1 Å². The second-order valence-electron chi connectivity index (χ2n) is 5.95. The van der Waals surface area contributed by atoms with Crippen LogP contribution in [-0.2, 0) is 21.4 Å². The predicted octanol–water partition coefficient (Wildman–Crippen LogP) is 0.597. The maximum absolute atomic E-state index is 12.1. The molecule has 0 unspecified atom stereocenters. The minimum atomic E-state index is -3.41. The number of sulfonamides is 1. The molecule has 1 saturated carbocycles. The minimum Gasteiger partial charge on any atom is -0.355 e. The Labute approximate surface area is 137 Å². The molecule has 6 nitrogen and oxygen atoms in total. The highest BCUT2D eigenvalue weighted by Crippen LogP contribution is 2.30. The van der Waals surface area contributed by atoms with Crippen LogP contribution in [0.3, 0.4) is 0 Å². The van der Waals surface area contributed by atoms with Crippen molar-refractivity contribution in [2.24, 2.45) is 17.6 Å². The fraction of sp³-hybridized carbons (Fsp3) is 0.562. The van der Waals surface area contributed by atoms with E-state index >= 15 is 0 Å². The Bertz CT molecular complexity index is 604. The van der Waals surface area contributed by atoms with Crippen LogP contribution < -0.4 is 15.8 Å². The van der Waals surface area contributed by atoms with Crippen LogP contribution >= 0.6 is 0 Å². The van der Waals surface area contributed by atoms with Crippen molar-refractivity contribution in [2.75, 3.05) is 18.8 Å². The monoisotopic (exact) mass is 339 g/mol. The third-order valence-electron chi connectivity index (χ3n) is 4.31. The molecular weight excluding hydrogens is 314 g/mol. The van der Waals surface area contributed by atoms with Crippen molar-refractivity contribution < 1.29 is 13.2 Å². The Morgan fingerprint density at radius 2 is 1.96 bits per heavy atom. The maximum atomic E-state index is 12.1. The first-order valence-corrected chi connectivity index (χ1v) is 9.66. The van der Waals surface area contributed by atoms with E-state index in [0.29, 0.717) is 6.54 Å². The first kappa shape index (κ1) is 17.9. The summed E-state index contributed by atoms with van der Waals surface area (Å²) >= 11 is 0. The quantitative estimate of drug-likeness (QED) is 0.645. The number of carbonyl (C=O) groups is 1. The van der Waals surface area contributed by atoms with E-state index in [1.54, 1.807) is 0 Å². The molecule has 0 aromatic heterocycles. The zero-order valence-corrected chi connectivity index (χ0v) is 14.0. The van der Waals surface area contributed by atoms with Gasteiger partial charge in [0.25, 0.3) is 0 Å². The summed E-state index contributed by atoms with van der Waals surface area (Å²) in [7, 11) is -3.41. The van der Waals surface area contributed by atoms with Crippen LogP contribution in [0.1, 0.15) is 24.8 Å². The first-order chi connectivity index (χ1) is 11.0. The maximum Gasteiger partial charge on any atom is 0.223 e. The lowest BCUT2D eigenvalue weighted by molar-refractivity contribution is -0.125. The molecule has 0 spiro atoms. The summed E-state index contributed by atoms with van der Waals surface area (Å²) in [4.78, 5) is 12.1. The second kappa shape index (κ2) is 8.42. The van der Waals surface area contributed by atoms with Crippen LogP contribution in [0, 0.1) is 11.8 Å². The first-order valence-electron chi connectivity index (χ1n) is 8.01. The molecule has 1 aromatic carbocycles. The van der Waals surface area contributed by atoms with Crippen molar-refractivity contribution in [3.05, 3.63) is 35.9 Å². The van der Waals surface area contributed by atoms with Gasteiger partial charge in [0.05, 0.1) is 5.75 Å². The van der Waals surface area contributed by atoms with E-state index in [-0.39, 0.29) is 36.6 Å². The number of hydrogen-bond donors (Lipinski definition) is 3. The molecule has 4 N–H and O–H groups in total. The second-order valence-corrected chi connectivity index (χ2v) is 7.88. The van der Waals surface area contributed by atoms with Crippen LogP contribution in [0.15, 0.2) is 30.3 Å². The highest BCUT2D eigenvalue weighted by molar-refractivity contribution is 7.89. The third-order valence-corrected chi connectivity index (χ3v) is 5.63. The normalized spacial score (nSPS) is 21.3. The lowest BCUT2D eigenvalue weighted by Gasteiger charge is -2.17. The average Bonchev–Trinajstić information content (AvgIpc) is 3.02. The molecule has 2 rings (SSSR count). The number of nitrogens with one attached hydrogen (secondary N) is 2. The Hall–Kier alpha value is -1.44. The SMILES string of the molecule is NC[C@H]1CCC[C@H]1C(=O)NCCS(=O)(=O)NCc1ccccc1. The molecule has 0 bridgehead atoms. The molecule has 0 heterocycles. The fourth-order valence-corrected chi connectivity index (χ4v) is 3.87. The summed E-state index contributed by atoms with van der Waals surface area (Å²) in [5.74, 6) is -0.0370. The molecule has 7 heteroatoms. The van der Waals surface area contributed by atoms with Gasteiger partial charge in [0.2, 0.25) is 15.9 Å². The summed E-state index contributed by atoms with van der Waals surface area (Å²) < 4.78 is 26.4. The predicted molar refractivity (Wildman–Crippen MR) is 90.0 cm³/mol. The summed E-state index contributed by atoms with van der Waals surface area (Å²) in [6, 6.07) is 9.32. The van der Waals surface area contributed by atoms with Crippen LogP contribution in [0.2, 0.25) is 0 Å². The highest BCUT2D eigenvalue weighted by Gasteiger charge is 2.31. The molecular formula is C16H25N3O3S. The van der Waals surface area contributed by atoms with Crippen molar-refractivity contribution in [1.82, 2.24) is 10.0 Å². The van der Waals surface area contributed by atoms with Crippen molar-refractivity contribution in [3.8, 4) is 0 Å². The summed E-state index contributed by atoms with van der Waals surface area (Å²) in [5, 5.41) is 2.73. The smallest absolute Gasteiger partial charge is 0.223 e. The number of benzene rings is 1. The fourth-order valence-electron chi connectivity index (χ4n) is 2.97. The van der Waals surface area contributed by atoms with E-state index in [0.717, 1.165) is 24.8 Å². The van der Waals surface area contributed by atoms with E-state index in [9.17, 15) is 13.2 Å². The summed E-state index contributed by atoms with van der Waals surface area (Å²) in [6.45, 7) is 0.890. The van der Waals surface area contributed by atoms with E-state index < -0.39 is 10.0 Å². The number of nitrogens with two attached hydrogens (primary N) is 1. The van der Waals surface area contributed by atoms with E-state index in [1.165, 1.54) is 0 Å². The molecule has 0 aliphatic heterocycles. The molecule has 0 saturated heterocycles. The van der Waals surface area contributed by atoms with Crippen LogP contribution in [-0.4, -0.2) is 33.2 Å². The van der Waals surface area contributed by atoms with Crippen molar-refractivity contribution in [2.45, 2.75) is 25.8 Å². The highest BCUT2D eigenvalue weighted by atomic mass is 32.2. The number of amides is 1. The number of hydrogen-bond acceptors (Lipinski definition) is 4. The molecule has 2 atom stereocenters. The Morgan fingerprint density at radius 1 is 1.22 bits per heavy atom. The van der Waals surface area contributed by atoms with Gasteiger partial charge in [-0.15, -0.1) is 0 Å². The van der Waals surface area contributed by atoms with Gasteiger partial charge in [-0.1, -0.05) is 36.8 Å². The van der Waals surface area contributed by atoms with Crippen LogP contribution in [0.4, 0.5) is 0 Å². The van der Waals surface area contributed by atoms with E-state index in [2.05, 4.69) is 10.0 Å². The summed E-state index contributed by atoms with van der Waals surface area (Å²) in [6.07, 6.45) is 2.83. The van der Waals surface area contributed by atoms with Gasteiger partial charge < -0.3 is 11.1 Å². The van der Waals surface area contributed by atoms with Gasteiger partial charge in [-0.3, -0.25) is 4.79 Å². The van der Waals surface area contributed by atoms with E-state index in [4.69, 9.17) is 5.73 Å². The molecule has 23 heavy (non-hydrogen) atoms. The average molecular weight is 339 g/mol. The van der Waals surface area contributed by atoms with Crippen LogP contribution in [0.5, 0.6) is 0 Å². The molecule has 1 aromatic rings. The Kier molecular flexibility index (Phi) is 6.56. The van der Waals surface area contributed by atoms with Gasteiger partial charge in [0.15, 0.2) is 0 Å². The van der Waals surface area contributed by atoms with Gasteiger partial charge >= 0.3 is 0 Å². The zero-order valence-electron chi connectivity index (χ0n) is 13.2. The molecule has 1 aliphatic rings. The molecule has 0 radical (unpaired) electrons. The molecule has 1 amide bonds. The van der Waals surface area contributed by atoms with Gasteiger partial charge in [-0.2, -0.15) is 0 Å².